The van der Waals surface area contributed by atoms with Gasteiger partial charge in [-0.3, -0.25) is 4.79 Å². The predicted octanol–water partition coefficient (Wildman–Crippen LogP) is 3.57. The number of amides is 1. The molecule has 0 radical (unpaired) electrons. The van der Waals surface area contributed by atoms with E-state index in [0.717, 1.165) is 26.9 Å². The van der Waals surface area contributed by atoms with E-state index in [1.807, 2.05) is 37.3 Å². The van der Waals surface area contributed by atoms with Gasteiger partial charge in [-0.2, -0.15) is 0 Å². The third-order valence-electron chi connectivity index (χ3n) is 3.62. The minimum Gasteiger partial charge on any atom is -0.462 e. The van der Waals surface area contributed by atoms with Crippen LogP contribution in [-0.4, -0.2) is 10.9 Å². The second-order valence-electron chi connectivity index (χ2n) is 5.09. The van der Waals surface area contributed by atoms with Crippen LogP contribution in [0.2, 0.25) is 0 Å². The van der Waals surface area contributed by atoms with Crippen molar-refractivity contribution in [1.29, 1.82) is 0 Å². The highest BCUT2D eigenvalue weighted by atomic mass is 32.1. The predicted molar refractivity (Wildman–Crippen MR) is 84.8 cm³/mol. The number of furan rings is 1. The molecule has 0 aliphatic carbocycles. The molecule has 0 saturated heterocycles. The lowest BCUT2D eigenvalue weighted by molar-refractivity contribution is 0.0936. The van der Waals surface area contributed by atoms with Crippen molar-refractivity contribution in [2.75, 3.05) is 5.32 Å². The monoisotopic (exact) mass is 311 g/mol. The zero-order valence-electron chi connectivity index (χ0n) is 11.8. The van der Waals surface area contributed by atoms with E-state index in [0.29, 0.717) is 5.56 Å². The summed E-state index contributed by atoms with van der Waals surface area (Å²) in [5.74, 6) is 0.658. The number of nitrogens with zero attached hydrogens (tertiary/aromatic N) is 1. The van der Waals surface area contributed by atoms with Crippen molar-refractivity contribution < 1.29 is 9.21 Å². The van der Waals surface area contributed by atoms with Gasteiger partial charge in [-0.25, -0.2) is 4.98 Å². The number of thiazole rings is 1. The Morgan fingerprint density at radius 2 is 2.14 bits per heavy atom. The van der Waals surface area contributed by atoms with Gasteiger partial charge in [0.05, 0.1) is 22.4 Å². The number of carbonyl (C=O) groups excluding carboxylic acids is 1. The number of para-hydroxylation sites is 1. The lowest BCUT2D eigenvalue weighted by atomic mass is 10.0. The smallest absolute Gasteiger partial charge is 0.255 e. The number of rotatable bonds is 2. The maximum Gasteiger partial charge on any atom is 0.255 e. The van der Waals surface area contributed by atoms with Gasteiger partial charge in [0.2, 0.25) is 0 Å². The van der Waals surface area contributed by atoms with Gasteiger partial charge in [-0.15, -0.1) is 11.3 Å². The van der Waals surface area contributed by atoms with E-state index in [2.05, 4.69) is 15.6 Å². The maximum absolute atomic E-state index is 12.3. The normalized spacial score (nSPS) is 16.8. The third-order valence-corrected chi connectivity index (χ3v) is 4.70. The van der Waals surface area contributed by atoms with Crippen LogP contribution in [-0.2, 0) is 0 Å². The van der Waals surface area contributed by atoms with E-state index < -0.39 is 0 Å². The second kappa shape index (κ2) is 4.99. The largest absolute Gasteiger partial charge is 0.462 e. The zero-order chi connectivity index (χ0) is 15.1. The first kappa shape index (κ1) is 13.1. The van der Waals surface area contributed by atoms with E-state index in [9.17, 15) is 4.79 Å². The van der Waals surface area contributed by atoms with Crippen molar-refractivity contribution >= 4 is 22.9 Å². The molecular formula is C16H13N3O2S. The zero-order valence-corrected chi connectivity index (χ0v) is 12.6. The number of hydrogen-bond acceptors (Lipinski definition) is 5. The molecule has 1 aliphatic rings. The Balaban J connectivity index is 1.68. The van der Waals surface area contributed by atoms with Gasteiger partial charge < -0.3 is 15.1 Å². The van der Waals surface area contributed by atoms with Gasteiger partial charge in [-0.05, 0) is 30.7 Å². The summed E-state index contributed by atoms with van der Waals surface area (Å²) in [6, 6.07) is 9.40. The van der Waals surface area contributed by atoms with Gasteiger partial charge in [0.1, 0.15) is 6.17 Å². The van der Waals surface area contributed by atoms with Crippen LogP contribution in [0.25, 0.3) is 10.8 Å². The first-order chi connectivity index (χ1) is 10.7. The minimum atomic E-state index is -0.276. The molecule has 5 nitrogen and oxygen atoms in total. The Kier molecular flexibility index (Phi) is 2.97. The quantitative estimate of drug-likeness (QED) is 0.759. The molecule has 3 aromatic rings. The third kappa shape index (κ3) is 2.08. The molecule has 2 aromatic heterocycles. The maximum atomic E-state index is 12.3. The summed E-state index contributed by atoms with van der Waals surface area (Å²) in [5, 5.41) is 7.14. The van der Waals surface area contributed by atoms with Crippen LogP contribution in [0.1, 0.15) is 27.0 Å². The van der Waals surface area contributed by atoms with Crippen molar-refractivity contribution in [1.82, 2.24) is 10.3 Å². The molecule has 0 saturated carbocycles. The lowest BCUT2D eigenvalue weighted by Gasteiger charge is -2.28. The van der Waals surface area contributed by atoms with E-state index >= 15 is 0 Å². The molecule has 6 heteroatoms. The number of hydrogen-bond donors (Lipinski definition) is 2. The van der Waals surface area contributed by atoms with E-state index in [1.165, 1.54) is 11.3 Å². The van der Waals surface area contributed by atoms with Gasteiger partial charge >= 0.3 is 0 Å². The van der Waals surface area contributed by atoms with Crippen LogP contribution >= 0.6 is 11.3 Å². The highest BCUT2D eigenvalue weighted by Crippen LogP contribution is 2.33. The SMILES string of the molecule is Cc1cccc2c1N[C@@H](c1cnc(-c3ccco3)s1)NC2=O. The van der Waals surface area contributed by atoms with Crippen LogP contribution in [0.5, 0.6) is 0 Å². The van der Waals surface area contributed by atoms with Gasteiger partial charge in [0.25, 0.3) is 5.91 Å². The summed E-state index contributed by atoms with van der Waals surface area (Å²) in [5.41, 5.74) is 2.60. The highest BCUT2D eigenvalue weighted by molar-refractivity contribution is 7.15. The molecular weight excluding hydrogens is 298 g/mol. The molecule has 1 atom stereocenters. The summed E-state index contributed by atoms with van der Waals surface area (Å²) < 4.78 is 5.36. The highest BCUT2D eigenvalue weighted by Gasteiger charge is 2.27. The second-order valence-corrected chi connectivity index (χ2v) is 6.16. The summed E-state index contributed by atoms with van der Waals surface area (Å²) in [6.07, 6.45) is 3.11. The molecule has 1 aliphatic heterocycles. The molecule has 22 heavy (non-hydrogen) atoms. The summed E-state index contributed by atoms with van der Waals surface area (Å²) in [6.45, 7) is 1.99. The average Bonchev–Trinajstić information content (AvgIpc) is 3.19. The average molecular weight is 311 g/mol. The molecule has 1 amide bonds. The van der Waals surface area contributed by atoms with Crippen molar-refractivity contribution in [3.8, 4) is 10.8 Å². The van der Waals surface area contributed by atoms with E-state index in [-0.39, 0.29) is 12.1 Å². The number of carbonyl (C=O) groups is 1. The molecule has 0 unspecified atom stereocenters. The van der Waals surface area contributed by atoms with Crippen LogP contribution in [0, 0.1) is 6.92 Å². The Morgan fingerprint density at radius 1 is 1.23 bits per heavy atom. The van der Waals surface area contributed by atoms with Crippen molar-refractivity contribution in [2.24, 2.45) is 0 Å². The number of fused-ring (bicyclic) bond motifs is 1. The number of aryl methyl sites for hydroxylation is 1. The fraction of sp³-hybridized carbons (Fsp3) is 0.125. The summed E-state index contributed by atoms with van der Waals surface area (Å²) in [4.78, 5) is 17.6. The number of aromatic nitrogens is 1. The fourth-order valence-electron chi connectivity index (χ4n) is 2.51. The van der Waals surface area contributed by atoms with Gasteiger partial charge in [-0.1, -0.05) is 12.1 Å². The Morgan fingerprint density at radius 3 is 2.95 bits per heavy atom. The van der Waals surface area contributed by atoms with Crippen LogP contribution in [0.4, 0.5) is 5.69 Å². The standard InChI is InChI=1S/C16H13N3O2S/c1-9-4-2-5-10-13(9)18-14(19-15(10)20)12-8-17-16(22-12)11-6-3-7-21-11/h2-8,14,18H,1H3,(H,19,20)/t14-/m1/s1. The number of nitrogens with one attached hydrogen (secondary N) is 2. The van der Waals surface area contributed by atoms with Gasteiger partial charge in [0.15, 0.2) is 10.8 Å². The first-order valence-electron chi connectivity index (χ1n) is 6.89. The van der Waals surface area contributed by atoms with E-state index in [4.69, 9.17) is 4.42 Å². The van der Waals surface area contributed by atoms with Crippen LogP contribution < -0.4 is 10.6 Å². The van der Waals surface area contributed by atoms with Gasteiger partial charge in [0, 0.05) is 6.20 Å². The molecule has 0 bridgehead atoms. The fourth-order valence-corrected chi connectivity index (χ4v) is 3.40. The number of benzene rings is 1. The Labute approximate surface area is 131 Å². The summed E-state index contributed by atoms with van der Waals surface area (Å²) in [7, 11) is 0. The van der Waals surface area contributed by atoms with Crippen molar-refractivity contribution in [3.63, 3.8) is 0 Å². The Hall–Kier alpha value is -2.60. The topological polar surface area (TPSA) is 67.2 Å². The van der Waals surface area contributed by atoms with Crippen LogP contribution in [0.15, 0.2) is 47.2 Å². The van der Waals surface area contributed by atoms with Crippen molar-refractivity contribution in [3.05, 3.63) is 58.8 Å². The summed E-state index contributed by atoms with van der Waals surface area (Å²) >= 11 is 1.50. The number of anilines is 1. The minimum absolute atomic E-state index is 0.0737. The molecule has 110 valence electrons. The molecule has 2 N–H and O–H groups in total. The Bertz CT molecular complexity index is 839. The first-order valence-corrected chi connectivity index (χ1v) is 7.70. The lowest BCUT2D eigenvalue weighted by Crippen LogP contribution is -2.38. The molecule has 1 aromatic carbocycles. The molecule has 4 rings (SSSR count). The van der Waals surface area contributed by atoms with E-state index in [1.54, 1.807) is 12.5 Å². The molecule has 0 fully saturated rings. The van der Waals surface area contributed by atoms with Crippen molar-refractivity contribution in [2.45, 2.75) is 13.1 Å². The molecule has 0 spiro atoms. The molecule has 3 heterocycles. The van der Waals surface area contributed by atoms with Crippen LogP contribution in [0.3, 0.4) is 0 Å².